The fourth-order valence-electron chi connectivity index (χ4n) is 1.54. The van der Waals surface area contributed by atoms with Crippen molar-refractivity contribution in [2.45, 2.75) is 20.4 Å². The predicted molar refractivity (Wildman–Crippen MR) is 69.6 cm³/mol. The number of rotatable bonds is 5. The molecule has 0 aliphatic carbocycles. The minimum absolute atomic E-state index is 0.691. The van der Waals surface area contributed by atoms with E-state index < -0.39 is 0 Å². The minimum Gasteiger partial charge on any atom is -0.494 e. The summed E-state index contributed by atoms with van der Waals surface area (Å²) in [5, 5.41) is 9.26. The van der Waals surface area contributed by atoms with Crippen LogP contribution in [0.3, 0.4) is 0 Å². The molecule has 0 fully saturated rings. The van der Waals surface area contributed by atoms with Gasteiger partial charge in [-0.25, -0.2) is 0 Å². The normalized spacial score (nSPS) is 10.2. The van der Waals surface area contributed by atoms with Gasteiger partial charge >= 0.3 is 0 Å². The summed E-state index contributed by atoms with van der Waals surface area (Å²) in [5.41, 5.74) is 3.23. The van der Waals surface area contributed by atoms with E-state index in [1.54, 1.807) is 0 Å². The van der Waals surface area contributed by atoms with Gasteiger partial charge in [-0.1, -0.05) is 4.49 Å². The third-order valence-corrected chi connectivity index (χ3v) is 2.93. The highest BCUT2D eigenvalue weighted by Gasteiger charge is 2.01. The Bertz CT molecular complexity index is 471. The molecule has 90 valence electrons. The van der Waals surface area contributed by atoms with Gasteiger partial charge in [0, 0.05) is 11.1 Å². The SMILES string of the molecule is CCOc1ccc(NCc2csnn2)c(C)c1. The maximum atomic E-state index is 5.44. The van der Waals surface area contributed by atoms with Gasteiger partial charge in [0.15, 0.2) is 0 Å². The smallest absolute Gasteiger partial charge is 0.119 e. The molecule has 1 N–H and O–H groups in total. The van der Waals surface area contributed by atoms with Crippen LogP contribution in [0.2, 0.25) is 0 Å². The summed E-state index contributed by atoms with van der Waals surface area (Å²) < 4.78 is 9.27. The molecule has 2 aromatic rings. The minimum atomic E-state index is 0.691. The molecule has 0 saturated carbocycles. The number of hydrogen-bond acceptors (Lipinski definition) is 5. The van der Waals surface area contributed by atoms with Crippen molar-refractivity contribution in [2.75, 3.05) is 11.9 Å². The molecule has 0 bridgehead atoms. The van der Waals surface area contributed by atoms with Crippen LogP contribution in [-0.4, -0.2) is 16.2 Å². The standard InChI is InChI=1S/C12H15N3OS/c1-3-16-11-4-5-12(9(2)6-11)13-7-10-8-17-15-14-10/h4-6,8,13H,3,7H2,1-2H3. The summed E-state index contributed by atoms with van der Waals surface area (Å²) in [4.78, 5) is 0. The maximum absolute atomic E-state index is 5.44. The highest BCUT2D eigenvalue weighted by molar-refractivity contribution is 7.03. The number of aryl methyl sites for hydroxylation is 1. The third-order valence-electron chi connectivity index (χ3n) is 2.37. The van der Waals surface area contributed by atoms with E-state index in [4.69, 9.17) is 4.74 Å². The molecular formula is C12H15N3OS. The van der Waals surface area contributed by atoms with Crippen LogP contribution in [0.25, 0.3) is 0 Å². The van der Waals surface area contributed by atoms with Gasteiger partial charge in [-0.05, 0) is 49.1 Å². The Kier molecular flexibility index (Phi) is 3.93. The number of ether oxygens (including phenoxy) is 1. The highest BCUT2D eigenvalue weighted by atomic mass is 32.1. The van der Waals surface area contributed by atoms with E-state index in [2.05, 4.69) is 21.8 Å². The van der Waals surface area contributed by atoms with Gasteiger partial charge in [-0.3, -0.25) is 0 Å². The van der Waals surface area contributed by atoms with Crippen LogP contribution < -0.4 is 10.1 Å². The predicted octanol–water partition coefficient (Wildman–Crippen LogP) is 2.86. The first-order valence-corrected chi connectivity index (χ1v) is 6.36. The van der Waals surface area contributed by atoms with Crippen LogP contribution in [0, 0.1) is 6.92 Å². The largest absolute Gasteiger partial charge is 0.494 e. The zero-order chi connectivity index (χ0) is 12.1. The molecule has 4 nitrogen and oxygen atoms in total. The van der Waals surface area contributed by atoms with Crippen molar-refractivity contribution in [2.24, 2.45) is 0 Å². The number of anilines is 1. The summed E-state index contributed by atoms with van der Waals surface area (Å²) in [6, 6.07) is 6.03. The lowest BCUT2D eigenvalue weighted by Gasteiger charge is -2.10. The van der Waals surface area contributed by atoms with E-state index in [-0.39, 0.29) is 0 Å². The number of benzene rings is 1. The first-order chi connectivity index (χ1) is 8.29. The molecule has 1 aromatic heterocycles. The lowest BCUT2D eigenvalue weighted by molar-refractivity contribution is 0.340. The molecule has 17 heavy (non-hydrogen) atoms. The van der Waals surface area contributed by atoms with Crippen molar-refractivity contribution < 1.29 is 4.74 Å². The Morgan fingerprint density at radius 1 is 1.41 bits per heavy atom. The second kappa shape index (κ2) is 5.63. The topological polar surface area (TPSA) is 47.0 Å². The molecule has 0 aliphatic heterocycles. The summed E-state index contributed by atoms with van der Waals surface area (Å²) in [7, 11) is 0. The van der Waals surface area contributed by atoms with Crippen molar-refractivity contribution in [1.29, 1.82) is 0 Å². The molecule has 0 saturated heterocycles. The van der Waals surface area contributed by atoms with Gasteiger partial charge in [0.1, 0.15) is 5.75 Å². The Hall–Kier alpha value is -1.62. The fraction of sp³-hybridized carbons (Fsp3) is 0.333. The Morgan fingerprint density at radius 2 is 2.29 bits per heavy atom. The summed E-state index contributed by atoms with van der Waals surface area (Å²) >= 11 is 1.37. The van der Waals surface area contributed by atoms with E-state index in [1.807, 2.05) is 30.5 Å². The number of aromatic nitrogens is 2. The molecule has 0 spiro atoms. The fourth-order valence-corrected chi connectivity index (χ4v) is 1.99. The molecule has 0 unspecified atom stereocenters. The number of nitrogens with one attached hydrogen (secondary N) is 1. The molecule has 5 heteroatoms. The van der Waals surface area contributed by atoms with E-state index in [0.29, 0.717) is 13.2 Å². The molecule has 2 rings (SSSR count). The zero-order valence-electron chi connectivity index (χ0n) is 9.93. The van der Waals surface area contributed by atoms with Crippen LogP contribution in [0.15, 0.2) is 23.6 Å². The van der Waals surface area contributed by atoms with Crippen molar-refractivity contribution in [3.8, 4) is 5.75 Å². The molecule has 0 atom stereocenters. The van der Waals surface area contributed by atoms with Crippen LogP contribution in [0.1, 0.15) is 18.2 Å². The van der Waals surface area contributed by atoms with Gasteiger partial charge in [0.2, 0.25) is 0 Å². The molecule has 0 radical (unpaired) electrons. The van der Waals surface area contributed by atoms with Gasteiger partial charge in [0.25, 0.3) is 0 Å². The first kappa shape index (κ1) is 11.9. The average Bonchev–Trinajstić information content (AvgIpc) is 2.81. The van der Waals surface area contributed by atoms with Gasteiger partial charge in [-0.2, -0.15) is 0 Å². The molecule has 0 amide bonds. The number of hydrogen-bond donors (Lipinski definition) is 1. The molecule has 1 heterocycles. The average molecular weight is 249 g/mol. The first-order valence-electron chi connectivity index (χ1n) is 5.53. The van der Waals surface area contributed by atoms with Crippen LogP contribution in [0.5, 0.6) is 5.75 Å². The monoisotopic (exact) mass is 249 g/mol. The van der Waals surface area contributed by atoms with Crippen molar-refractivity contribution >= 4 is 17.2 Å². The maximum Gasteiger partial charge on any atom is 0.119 e. The van der Waals surface area contributed by atoms with E-state index in [0.717, 1.165) is 17.1 Å². The van der Waals surface area contributed by atoms with Gasteiger partial charge in [0.05, 0.1) is 18.8 Å². The van der Waals surface area contributed by atoms with E-state index >= 15 is 0 Å². The summed E-state index contributed by atoms with van der Waals surface area (Å²) in [5.74, 6) is 0.908. The lowest BCUT2D eigenvalue weighted by atomic mass is 10.2. The van der Waals surface area contributed by atoms with E-state index in [1.165, 1.54) is 17.1 Å². The lowest BCUT2D eigenvalue weighted by Crippen LogP contribution is -2.02. The van der Waals surface area contributed by atoms with Crippen LogP contribution >= 0.6 is 11.5 Å². The second-order valence-electron chi connectivity index (χ2n) is 3.66. The number of nitrogens with zero attached hydrogens (tertiary/aromatic N) is 2. The Morgan fingerprint density at radius 3 is 2.94 bits per heavy atom. The summed E-state index contributed by atoms with van der Waals surface area (Å²) in [6.45, 7) is 5.43. The quantitative estimate of drug-likeness (QED) is 0.885. The third kappa shape index (κ3) is 3.17. The second-order valence-corrected chi connectivity index (χ2v) is 4.27. The van der Waals surface area contributed by atoms with Crippen LogP contribution in [0.4, 0.5) is 5.69 Å². The molecule has 1 aromatic carbocycles. The van der Waals surface area contributed by atoms with Crippen molar-refractivity contribution in [3.63, 3.8) is 0 Å². The zero-order valence-corrected chi connectivity index (χ0v) is 10.8. The van der Waals surface area contributed by atoms with Crippen molar-refractivity contribution in [1.82, 2.24) is 9.59 Å². The Labute approximate surface area is 105 Å². The van der Waals surface area contributed by atoms with E-state index in [9.17, 15) is 0 Å². The Balaban J connectivity index is 2.01. The van der Waals surface area contributed by atoms with Gasteiger partial charge < -0.3 is 10.1 Å². The molecular weight excluding hydrogens is 234 g/mol. The highest BCUT2D eigenvalue weighted by Crippen LogP contribution is 2.21. The van der Waals surface area contributed by atoms with Crippen molar-refractivity contribution in [3.05, 3.63) is 34.8 Å². The van der Waals surface area contributed by atoms with Crippen LogP contribution in [-0.2, 0) is 6.54 Å². The molecule has 0 aliphatic rings. The van der Waals surface area contributed by atoms with Gasteiger partial charge in [-0.15, -0.1) is 5.10 Å². The summed E-state index contributed by atoms with van der Waals surface area (Å²) in [6.07, 6.45) is 0.